The summed E-state index contributed by atoms with van der Waals surface area (Å²) in [6.07, 6.45) is 0. The van der Waals surface area contributed by atoms with Crippen molar-refractivity contribution in [3.63, 3.8) is 0 Å². The molecule has 1 amide bonds. The van der Waals surface area contributed by atoms with Gasteiger partial charge in [0.15, 0.2) is 0 Å². The van der Waals surface area contributed by atoms with Crippen molar-refractivity contribution < 1.29 is 19.7 Å². The third-order valence-electron chi connectivity index (χ3n) is 2.85. The van der Waals surface area contributed by atoms with E-state index in [9.17, 15) is 30.1 Å². The quantitative estimate of drug-likeness (QED) is 0.499. The highest BCUT2D eigenvalue weighted by molar-refractivity contribution is 6.34. The molecule has 0 spiro atoms. The zero-order valence-electron chi connectivity index (χ0n) is 11.2. The molecule has 2 aromatic carbocycles. The minimum absolute atomic E-state index is 0.0804. The first-order valence-corrected chi connectivity index (χ1v) is 6.40. The summed E-state index contributed by atoms with van der Waals surface area (Å²) < 4.78 is 0. The third kappa shape index (κ3) is 3.52. The molecule has 0 heterocycles. The summed E-state index contributed by atoms with van der Waals surface area (Å²) in [4.78, 5) is 32.1. The van der Waals surface area contributed by atoms with Crippen molar-refractivity contribution in [3.05, 3.63) is 67.2 Å². The lowest BCUT2D eigenvalue weighted by Gasteiger charge is -2.08. The van der Waals surface area contributed by atoms with E-state index in [2.05, 4.69) is 5.32 Å². The molecule has 0 aliphatic rings. The third-order valence-corrected chi connectivity index (χ3v) is 3.16. The van der Waals surface area contributed by atoms with Crippen LogP contribution in [0.1, 0.15) is 10.4 Å². The fraction of sp³-hybridized carbons (Fsp3) is 0. The van der Waals surface area contributed by atoms with Gasteiger partial charge in [0.25, 0.3) is 17.3 Å². The molecular formula is C13H8ClN3O6. The van der Waals surface area contributed by atoms with E-state index in [1.165, 1.54) is 0 Å². The number of non-ortho nitro benzene ring substituents is 2. The van der Waals surface area contributed by atoms with E-state index in [4.69, 9.17) is 11.6 Å². The summed E-state index contributed by atoms with van der Waals surface area (Å²) in [5, 5.41) is 33.1. The average molecular weight is 338 g/mol. The number of nitro benzene ring substituents is 2. The maximum atomic E-state index is 12.1. The number of hydrogen-bond acceptors (Lipinski definition) is 6. The number of carbonyl (C=O) groups excluding carboxylic acids is 1. The summed E-state index contributed by atoms with van der Waals surface area (Å²) in [5.41, 5.74) is -0.876. The van der Waals surface area contributed by atoms with E-state index in [1.807, 2.05) is 0 Å². The number of phenols is 1. The van der Waals surface area contributed by atoms with E-state index >= 15 is 0 Å². The smallest absolute Gasteiger partial charge is 0.271 e. The predicted molar refractivity (Wildman–Crippen MR) is 80.8 cm³/mol. The first-order chi connectivity index (χ1) is 10.8. The van der Waals surface area contributed by atoms with Crippen LogP contribution in [0, 0.1) is 20.2 Å². The monoisotopic (exact) mass is 337 g/mol. The normalized spacial score (nSPS) is 10.1. The van der Waals surface area contributed by atoms with Gasteiger partial charge in [0.1, 0.15) is 5.75 Å². The van der Waals surface area contributed by atoms with Crippen LogP contribution in [0.15, 0.2) is 36.4 Å². The summed E-state index contributed by atoms with van der Waals surface area (Å²) in [6.45, 7) is 0. The number of benzene rings is 2. The number of nitrogens with one attached hydrogen (secondary N) is 1. The fourth-order valence-corrected chi connectivity index (χ4v) is 1.99. The maximum Gasteiger partial charge on any atom is 0.271 e. The maximum absolute atomic E-state index is 12.1. The van der Waals surface area contributed by atoms with Crippen LogP contribution >= 0.6 is 11.6 Å². The summed E-state index contributed by atoms with van der Waals surface area (Å²) in [5.74, 6) is -1.15. The van der Waals surface area contributed by atoms with Gasteiger partial charge in [0, 0.05) is 24.3 Å². The molecule has 2 N–H and O–H groups in total. The Hall–Kier alpha value is -3.20. The topological polar surface area (TPSA) is 136 Å². The lowest BCUT2D eigenvalue weighted by Crippen LogP contribution is -2.13. The Balaban J connectivity index is 2.31. The lowest BCUT2D eigenvalue weighted by atomic mass is 10.1. The second-order valence-corrected chi connectivity index (χ2v) is 4.74. The van der Waals surface area contributed by atoms with Crippen LogP contribution in [0.3, 0.4) is 0 Å². The number of aromatic hydroxyl groups is 1. The lowest BCUT2D eigenvalue weighted by molar-refractivity contribution is -0.385. The van der Waals surface area contributed by atoms with Gasteiger partial charge in [-0.15, -0.1) is 0 Å². The standard InChI is InChI=1S/C13H8ClN3O6/c14-10-5-7(16(20)21)1-3-9(10)13(19)15-11-6-8(17(22)23)2-4-12(11)18/h1-6,18H,(H,15,19). The van der Waals surface area contributed by atoms with Gasteiger partial charge in [0.05, 0.1) is 26.1 Å². The molecule has 0 fully saturated rings. The highest BCUT2D eigenvalue weighted by Gasteiger charge is 2.17. The number of anilines is 1. The summed E-state index contributed by atoms with van der Waals surface area (Å²) in [6, 6.07) is 6.35. The Labute approximate surface area is 133 Å². The van der Waals surface area contributed by atoms with Crippen LogP contribution in [0.4, 0.5) is 17.1 Å². The van der Waals surface area contributed by atoms with Crippen LogP contribution in [-0.4, -0.2) is 20.9 Å². The Bertz CT molecular complexity index is 823. The molecule has 0 bridgehead atoms. The van der Waals surface area contributed by atoms with Crippen LogP contribution in [0.2, 0.25) is 5.02 Å². The number of nitrogens with zero attached hydrogens (tertiary/aromatic N) is 2. The average Bonchev–Trinajstić information content (AvgIpc) is 2.48. The molecule has 0 saturated carbocycles. The SMILES string of the molecule is O=C(Nc1cc([N+](=O)[O-])ccc1O)c1ccc([N+](=O)[O-])cc1Cl. The van der Waals surface area contributed by atoms with Gasteiger partial charge in [-0.3, -0.25) is 25.0 Å². The molecule has 0 atom stereocenters. The van der Waals surface area contributed by atoms with Gasteiger partial charge >= 0.3 is 0 Å². The molecular weight excluding hydrogens is 330 g/mol. The number of phenolic OH excluding ortho intramolecular Hbond substituents is 1. The van der Waals surface area contributed by atoms with Gasteiger partial charge in [-0.1, -0.05) is 11.6 Å². The molecule has 9 nitrogen and oxygen atoms in total. The number of halogens is 1. The van der Waals surface area contributed by atoms with E-state index in [1.54, 1.807) is 0 Å². The predicted octanol–water partition coefficient (Wildman–Crippen LogP) is 3.11. The minimum Gasteiger partial charge on any atom is -0.506 e. The van der Waals surface area contributed by atoms with Gasteiger partial charge < -0.3 is 10.4 Å². The molecule has 2 aromatic rings. The van der Waals surface area contributed by atoms with Gasteiger partial charge in [-0.2, -0.15) is 0 Å². The summed E-state index contributed by atoms with van der Waals surface area (Å²) >= 11 is 5.82. The second-order valence-electron chi connectivity index (χ2n) is 4.33. The molecule has 0 unspecified atom stereocenters. The molecule has 0 saturated heterocycles. The van der Waals surface area contributed by atoms with Crippen LogP contribution in [0.5, 0.6) is 5.75 Å². The van der Waals surface area contributed by atoms with Crippen LogP contribution in [-0.2, 0) is 0 Å². The van der Waals surface area contributed by atoms with Gasteiger partial charge in [-0.05, 0) is 12.1 Å². The van der Waals surface area contributed by atoms with Crippen molar-refractivity contribution in [2.45, 2.75) is 0 Å². The minimum atomic E-state index is -0.777. The molecule has 0 aliphatic heterocycles. The van der Waals surface area contributed by atoms with Crippen LogP contribution < -0.4 is 5.32 Å². The zero-order chi connectivity index (χ0) is 17.1. The number of amides is 1. The van der Waals surface area contributed by atoms with E-state index in [-0.39, 0.29) is 33.4 Å². The van der Waals surface area contributed by atoms with Crippen molar-refractivity contribution in [3.8, 4) is 5.75 Å². The number of hydrogen-bond donors (Lipinski definition) is 2. The zero-order valence-corrected chi connectivity index (χ0v) is 12.0. The number of rotatable bonds is 4. The first-order valence-electron chi connectivity index (χ1n) is 6.02. The molecule has 2 rings (SSSR count). The molecule has 0 radical (unpaired) electrons. The van der Waals surface area contributed by atoms with Crippen molar-refractivity contribution in [1.29, 1.82) is 0 Å². The molecule has 0 aromatic heterocycles. The highest BCUT2D eigenvalue weighted by Crippen LogP contribution is 2.29. The van der Waals surface area contributed by atoms with E-state index in [0.29, 0.717) is 0 Å². The van der Waals surface area contributed by atoms with Crippen molar-refractivity contribution >= 4 is 34.6 Å². The summed E-state index contributed by atoms with van der Waals surface area (Å²) in [7, 11) is 0. The molecule has 0 aliphatic carbocycles. The van der Waals surface area contributed by atoms with Crippen molar-refractivity contribution in [2.24, 2.45) is 0 Å². The van der Waals surface area contributed by atoms with Gasteiger partial charge in [-0.25, -0.2) is 0 Å². The van der Waals surface area contributed by atoms with Crippen molar-refractivity contribution in [1.82, 2.24) is 0 Å². The van der Waals surface area contributed by atoms with E-state index in [0.717, 1.165) is 36.4 Å². The van der Waals surface area contributed by atoms with E-state index < -0.39 is 15.8 Å². The molecule has 10 heteroatoms. The Kier molecular flexibility index (Phi) is 4.42. The van der Waals surface area contributed by atoms with Gasteiger partial charge in [0.2, 0.25) is 0 Å². The second kappa shape index (κ2) is 6.28. The Morgan fingerprint density at radius 3 is 2.17 bits per heavy atom. The number of carbonyl (C=O) groups is 1. The molecule has 118 valence electrons. The fourth-order valence-electron chi connectivity index (χ4n) is 1.73. The number of nitro groups is 2. The molecule has 23 heavy (non-hydrogen) atoms. The van der Waals surface area contributed by atoms with Crippen LogP contribution in [0.25, 0.3) is 0 Å². The highest BCUT2D eigenvalue weighted by atomic mass is 35.5. The first kappa shape index (κ1) is 16.2. The largest absolute Gasteiger partial charge is 0.506 e. The van der Waals surface area contributed by atoms with Crippen molar-refractivity contribution in [2.75, 3.05) is 5.32 Å². The Morgan fingerprint density at radius 1 is 1.04 bits per heavy atom. The Morgan fingerprint density at radius 2 is 1.61 bits per heavy atom.